The lowest BCUT2D eigenvalue weighted by atomic mass is 10.2. The van der Waals surface area contributed by atoms with Crippen LogP contribution >= 0.6 is 0 Å². The number of carbonyl (C=O) groups excluding carboxylic acids is 1. The van der Waals surface area contributed by atoms with Gasteiger partial charge in [0.15, 0.2) is 0 Å². The van der Waals surface area contributed by atoms with Crippen molar-refractivity contribution in [3.8, 4) is 5.75 Å². The van der Waals surface area contributed by atoms with E-state index in [1.54, 1.807) is 20.2 Å². The maximum atomic E-state index is 12.0. The van der Waals surface area contributed by atoms with Gasteiger partial charge in [0.2, 0.25) is 0 Å². The lowest BCUT2D eigenvalue weighted by Crippen LogP contribution is -2.34. The first-order chi connectivity index (χ1) is 11.1. The maximum absolute atomic E-state index is 12.0. The molecular formula is C18H21N3O2. The zero-order chi connectivity index (χ0) is 16.7. The van der Waals surface area contributed by atoms with Crippen LogP contribution in [0, 0.1) is 6.92 Å². The van der Waals surface area contributed by atoms with Gasteiger partial charge >= 0.3 is 0 Å². The van der Waals surface area contributed by atoms with Crippen molar-refractivity contribution in [1.82, 2.24) is 5.43 Å². The highest BCUT2D eigenvalue weighted by molar-refractivity contribution is 5.86. The fourth-order valence-corrected chi connectivity index (χ4v) is 2.04. The highest BCUT2D eigenvalue weighted by Gasteiger charge is 2.11. The number of hydrogen-bond acceptors (Lipinski definition) is 4. The van der Waals surface area contributed by atoms with Crippen molar-refractivity contribution < 1.29 is 9.53 Å². The van der Waals surface area contributed by atoms with Crippen molar-refractivity contribution in [3.63, 3.8) is 0 Å². The Hall–Kier alpha value is -2.82. The van der Waals surface area contributed by atoms with Gasteiger partial charge in [0.25, 0.3) is 5.91 Å². The van der Waals surface area contributed by atoms with Crippen LogP contribution in [0.3, 0.4) is 0 Å². The minimum Gasteiger partial charge on any atom is -0.497 e. The summed E-state index contributed by atoms with van der Waals surface area (Å²) in [5, 5.41) is 7.12. The second-order valence-electron chi connectivity index (χ2n) is 5.25. The van der Waals surface area contributed by atoms with Crippen molar-refractivity contribution >= 4 is 17.8 Å². The van der Waals surface area contributed by atoms with Crippen molar-refractivity contribution in [2.45, 2.75) is 19.9 Å². The van der Waals surface area contributed by atoms with Crippen LogP contribution in [-0.2, 0) is 4.79 Å². The Kier molecular flexibility index (Phi) is 5.74. The highest BCUT2D eigenvalue weighted by atomic mass is 16.5. The Labute approximate surface area is 136 Å². The predicted octanol–water partition coefficient (Wildman–Crippen LogP) is 2.95. The van der Waals surface area contributed by atoms with E-state index >= 15 is 0 Å². The number of benzene rings is 2. The second kappa shape index (κ2) is 7.98. The SMILES string of the molecule is COc1cccc(/C=N\NC(=O)[C@@H](C)Nc2cccc(C)c2)c1. The number of anilines is 1. The smallest absolute Gasteiger partial charge is 0.262 e. The summed E-state index contributed by atoms with van der Waals surface area (Å²) >= 11 is 0. The Morgan fingerprint density at radius 2 is 2.00 bits per heavy atom. The van der Waals surface area contributed by atoms with E-state index in [9.17, 15) is 4.79 Å². The van der Waals surface area contributed by atoms with Gasteiger partial charge in [-0.05, 0) is 49.2 Å². The third-order valence-electron chi connectivity index (χ3n) is 3.28. The number of rotatable bonds is 6. The van der Waals surface area contributed by atoms with Gasteiger partial charge in [-0.1, -0.05) is 24.3 Å². The number of ether oxygens (including phenoxy) is 1. The largest absolute Gasteiger partial charge is 0.497 e. The van der Waals surface area contributed by atoms with Crippen molar-refractivity contribution in [3.05, 3.63) is 59.7 Å². The van der Waals surface area contributed by atoms with Crippen LogP contribution in [0.25, 0.3) is 0 Å². The third kappa shape index (κ3) is 5.14. The summed E-state index contributed by atoms with van der Waals surface area (Å²) in [6.45, 7) is 3.80. The zero-order valence-corrected chi connectivity index (χ0v) is 13.5. The number of nitrogens with one attached hydrogen (secondary N) is 2. The van der Waals surface area contributed by atoms with Gasteiger partial charge in [-0.15, -0.1) is 0 Å². The van der Waals surface area contributed by atoms with Crippen LogP contribution in [-0.4, -0.2) is 25.3 Å². The molecule has 0 heterocycles. The minimum absolute atomic E-state index is 0.203. The number of carbonyl (C=O) groups is 1. The molecule has 1 atom stereocenters. The third-order valence-corrected chi connectivity index (χ3v) is 3.28. The topological polar surface area (TPSA) is 62.7 Å². The lowest BCUT2D eigenvalue weighted by Gasteiger charge is -2.13. The first-order valence-corrected chi connectivity index (χ1v) is 7.38. The number of hydrazone groups is 1. The zero-order valence-electron chi connectivity index (χ0n) is 13.5. The number of aryl methyl sites for hydroxylation is 1. The van der Waals surface area contributed by atoms with Gasteiger partial charge in [-0.2, -0.15) is 5.10 Å². The summed E-state index contributed by atoms with van der Waals surface area (Å²) in [6, 6.07) is 14.9. The first kappa shape index (κ1) is 16.5. The molecule has 23 heavy (non-hydrogen) atoms. The van der Waals surface area contributed by atoms with Crippen molar-refractivity contribution in [1.29, 1.82) is 0 Å². The molecule has 0 aromatic heterocycles. The minimum atomic E-state index is -0.390. The Morgan fingerprint density at radius 1 is 1.22 bits per heavy atom. The molecule has 0 bridgehead atoms. The van der Waals surface area contributed by atoms with Crippen LogP contribution in [0.15, 0.2) is 53.6 Å². The van der Waals surface area contributed by atoms with E-state index in [2.05, 4.69) is 15.8 Å². The van der Waals surface area contributed by atoms with Gasteiger partial charge in [0.05, 0.1) is 13.3 Å². The number of hydrogen-bond donors (Lipinski definition) is 2. The van der Waals surface area contributed by atoms with Crippen LogP contribution in [0.2, 0.25) is 0 Å². The highest BCUT2D eigenvalue weighted by Crippen LogP contribution is 2.11. The van der Waals surface area contributed by atoms with E-state index in [4.69, 9.17) is 4.74 Å². The Balaban J connectivity index is 1.89. The Morgan fingerprint density at radius 3 is 2.74 bits per heavy atom. The van der Waals surface area contributed by atoms with Gasteiger partial charge in [0, 0.05) is 5.69 Å². The van der Waals surface area contributed by atoms with Gasteiger partial charge in [0.1, 0.15) is 11.8 Å². The van der Waals surface area contributed by atoms with Gasteiger partial charge in [-0.25, -0.2) is 5.43 Å². The molecule has 0 aliphatic carbocycles. The molecule has 2 aromatic rings. The molecule has 0 saturated heterocycles. The molecule has 0 aliphatic heterocycles. The molecule has 2 N–H and O–H groups in total. The molecular weight excluding hydrogens is 290 g/mol. The molecule has 5 nitrogen and oxygen atoms in total. The summed E-state index contributed by atoms with van der Waals surface area (Å²) in [7, 11) is 1.61. The molecule has 0 aliphatic rings. The van der Waals surface area contributed by atoms with E-state index in [0.717, 1.165) is 22.6 Å². The monoisotopic (exact) mass is 311 g/mol. The maximum Gasteiger partial charge on any atom is 0.262 e. The Bertz CT molecular complexity index is 698. The number of amides is 1. The summed E-state index contributed by atoms with van der Waals surface area (Å²) in [6.07, 6.45) is 1.58. The summed E-state index contributed by atoms with van der Waals surface area (Å²) in [4.78, 5) is 12.0. The number of nitrogens with zero attached hydrogens (tertiary/aromatic N) is 1. The molecule has 2 rings (SSSR count). The molecule has 2 aromatic carbocycles. The van der Waals surface area contributed by atoms with Crippen molar-refractivity contribution in [2.75, 3.05) is 12.4 Å². The normalized spacial score (nSPS) is 12.0. The average molecular weight is 311 g/mol. The molecule has 120 valence electrons. The van der Waals surface area contributed by atoms with Gasteiger partial charge in [-0.3, -0.25) is 4.79 Å². The summed E-state index contributed by atoms with van der Waals surface area (Å²) in [5.41, 5.74) is 5.43. The lowest BCUT2D eigenvalue weighted by molar-refractivity contribution is -0.121. The first-order valence-electron chi connectivity index (χ1n) is 7.38. The molecule has 0 radical (unpaired) electrons. The summed E-state index contributed by atoms with van der Waals surface area (Å²) < 4.78 is 5.14. The van der Waals surface area contributed by atoms with Crippen LogP contribution < -0.4 is 15.5 Å². The van der Waals surface area contributed by atoms with Crippen LogP contribution in [0.1, 0.15) is 18.1 Å². The average Bonchev–Trinajstić information content (AvgIpc) is 2.55. The molecule has 0 fully saturated rings. The molecule has 1 amide bonds. The van der Waals surface area contributed by atoms with E-state index in [0.29, 0.717) is 0 Å². The second-order valence-corrected chi connectivity index (χ2v) is 5.25. The quantitative estimate of drug-likeness (QED) is 0.637. The molecule has 0 spiro atoms. The summed E-state index contributed by atoms with van der Waals surface area (Å²) in [5.74, 6) is 0.542. The van der Waals surface area contributed by atoms with E-state index in [-0.39, 0.29) is 11.9 Å². The van der Waals surface area contributed by atoms with Crippen LogP contribution in [0.4, 0.5) is 5.69 Å². The van der Waals surface area contributed by atoms with E-state index in [1.165, 1.54) is 0 Å². The molecule has 5 heteroatoms. The fraction of sp³-hybridized carbons (Fsp3) is 0.222. The fourth-order valence-electron chi connectivity index (χ4n) is 2.04. The van der Waals surface area contributed by atoms with Crippen LogP contribution in [0.5, 0.6) is 5.75 Å². The molecule has 0 saturated carbocycles. The number of methoxy groups -OCH3 is 1. The molecule has 0 unspecified atom stereocenters. The van der Waals surface area contributed by atoms with E-state index < -0.39 is 0 Å². The van der Waals surface area contributed by atoms with Crippen molar-refractivity contribution in [2.24, 2.45) is 5.10 Å². The van der Waals surface area contributed by atoms with Gasteiger partial charge < -0.3 is 10.1 Å². The van der Waals surface area contributed by atoms with E-state index in [1.807, 2.05) is 55.5 Å². The standard InChI is InChI=1S/C18H21N3O2/c1-13-6-4-8-16(10-13)20-14(2)18(22)21-19-12-15-7-5-9-17(11-15)23-3/h4-12,14,20H,1-3H3,(H,21,22)/b19-12-/t14-/m1/s1. The predicted molar refractivity (Wildman–Crippen MR) is 93.0 cm³/mol.